The predicted molar refractivity (Wildman–Crippen MR) is 65.6 cm³/mol. The van der Waals surface area contributed by atoms with Gasteiger partial charge in [0.2, 0.25) is 0 Å². The molecule has 2 fully saturated rings. The molecule has 1 heterocycles. The lowest BCUT2D eigenvalue weighted by atomic mass is 9.64. The Morgan fingerprint density at radius 3 is 2.67 bits per heavy atom. The van der Waals surface area contributed by atoms with E-state index in [1.165, 1.54) is 7.11 Å². The monoisotopic (exact) mass is 249 g/mol. The number of hydrogen-bond acceptors (Lipinski definition) is 4. The van der Waals surface area contributed by atoms with Gasteiger partial charge in [-0.05, 0) is 37.8 Å². The Balaban J connectivity index is 2.16. The number of hydrogen-bond donors (Lipinski definition) is 1. The number of allylic oxidation sites excluding steroid dienone is 1. The van der Waals surface area contributed by atoms with Gasteiger partial charge < -0.3 is 10.1 Å². The van der Waals surface area contributed by atoms with Crippen LogP contribution in [0.1, 0.15) is 33.1 Å². The molecule has 3 rings (SSSR count). The highest BCUT2D eigenvalue weighted by molar-refractivity contribution is 5.93. The smallest absolute Gasteiger partial charge is 0.315 e. The van der Waals surface area contributed by atoms with E-state index < -0.39 is 11.5 Å². The summed E-state index contributed by atoms with van der Waals surface area (Å²) in [5.74, 6) is -0.221. The van der Waals surface area contributed by atoms with Crippen molar-refractivity contribution in [1.29, 1.82) is 0 Å². The summed E-state index contributed by atoms with van der Waals surface area (Å²) in [6.07, 6.45) is 6.65. The summed E-state index contributed by atoms with van der Waals surface area (Å²) in [7, 11) is 1.42. The van der Waals surface area contributed by atoms with Crippen molar-refractivity contribution in [3.63, 3.8) is 0 Å². The van der Waals surface area contributed by atoms with Crippen molar-refractivity contribution in [1.82, 2.24) is 5.32 Å². The Morgan fingerprint density at radius 1 is 1.39 bits per heavy atom. The lowest BCUT2D eigenvalue weighted by molar-refractivity contribution is -0.161. The van der Waals surface area contributed by atoms with Crippen LogP contribution in [-0.2, 0) is 14.3 Å². The summed E-state index contributed by atoms with van der Waals surface area (Å²) >= 11 is 0. The molecule has 0 bridgehead atoms. The van der Waals surface area contributed by atoms with Crippen LogP contribution in [0.15, 0.2) is 12.3 Å². The molecule has 1 spiro atoms. The Bertz CT molecular complexity index is 472. The van der Waals surface area contributed by atoms with Gasteiger partial charge in [0.1, 0.15) is 11.5 Å². The molecule has 18 heavy (non-hydrogen) atoms. The molecule has 0 aromatic carbocycles. The summed E-state index contributed by atoms with van der Waals surface area (Å²) < 4.78 is 5.05. The molecule has 2 saturated carbocycles. The molecule has 4 heteroatoms. The molecular weight excluding hydrogens is 230 g/mol. The number of nitrogens with one attached hydrogen (secondary N) is 1. The van der Waals surface area contributed by atoms with E-state index in [1.807, 2.05) is 6.20 Å². The summed E-state index contributed by atoms with van der Waals surface area (Å²) in [5, 5.41) is 3.08. The Morgan fingerprint density at radius 2 is 2.11 bits per heavy atom. The number of ether oxygens (including phenoxy) is 1. The van der Waals surface area contributed by atoms with Crippen LogP contribution in [0.2, 0.25) is 0 Å². The van der Waals surface area contributed by atoms with E-state index >= 15 is 0 Å². The number of carbonyl (C=O) groups is 2. The van der Waals surface area contributed by atoms with Gasteiger partial charge in [-0.25, -0.2) is 0 Å². The molecule has 98 valence electrons. The summed E-state index contributed by atoms with van der Waals surface area (Å²) in [4.78, 5) is 24.3. The molecule has 4 nitrogen and oxygen atoms in total. The first-order chi connectivity index (χ1) is 8.43. The zero-order valence-electron chi connectivity index (χ0n) is 11.1. The van der Waals surface area contributed by atoms with Crippen molar-refractivity contribution in [3.8, 4) is 0 Å². The maximum absolute atomic E-state index is 12.4. The average Bonchev–Trinajstić information content (AvgIpc) is 2.84. The van der Waals surface area contributed by atoms with E-state index in [1.54, 1.807) is 6.92 Å². The standard InChI is InChI=1S/C14H19NO3/c1-9(16)10-14(11(17)18-3)5-4-12(2)8-13(12,14)6-7-15-10/h6-7,10,15H,4-5,8H2,1-3H3/t10?,12-,13+,14-/m1/s1. The van der Waals surface area contributed by atoms with Crippen LogP contribution < -0.4 is 5.32 Å². The third-order valence-corrected chi connectivity index (χ3v) is 5.57. The Hall–Kier alpha value is -1.32. The van der Waals surface area contributed by atoms with Crippen molar-refractivity contribution in [2.75, 3.05) is 7.11 Å². The molecule has 0 aromatic rings. The van der Waals surface area contributed by atoms with Crippen molar-refractivity contribution in [2.45, 2.75) is 39.2 Å². The van der Waals surface area contributed by atoms with Crippen LogP contribution >= 0.6 is 0 Å². The van der Waals surface area contributed by atoms with Gasteiger partial charge in [-0.1, -0.05) is 13.0 Å². The normalized spacial score (nSPS) is 47.8. The van der Waals surface area contributed by atoms with E-state index in [-0.39, 0.29) is 22.6 Å². The minimum absolute atomic E-state index is 0.0141. The number of Topliss-reactive ketones (excluding diaryl/α,β-unsaturated/α-hetero) is 1. The molecule has 0 radical (unpaired) electrons. The Kier molecular flexibility index (Phi) is 2.07. The average molecular weight is 249 g/mol. The fraction of sp³-hybridized carbons (Fsp3) is 0.714. The number of rotatable bonds is 2. The largest absolute Gasteiger partial charge is 0.468 e. The molecule has 3 aliphatic rings. The van der Waals surface area contributed by atoms with Gasteiger partial charge in [-0.15, -0.1) is 0 Å². The molecule has 0 aromatic heterocycles. The highest BCUT2D eigenvalue weighted by atomic mass is 16.5. The number of esters is 1. The van der Waals surface area contributed by atoms with Crippen LogP contribution in [0.5, 0.6) is 0 Å². The van der Waals surface area contributed by atoms with E-state index in [0.29, 0.717) is 0 Å². The molecule has 0 saturated heterocycles. The SMILES string of the molecule is COC(=O)[C@]12CC[C@]3(C)C[C@@]31C=CNC2C(C)=O. The zero-order chi connectivity index (χ0) is 13.2. The van der Waals surface area contributed by atoms with Crippen molar-refractivity contribution in [2.24, 2.45) is 16.2 Å². The van der Waals surface area contributed by atoms with Crippen LogP contribution in [0.3, 0.4) is 0 Å². The van der Waals surface area contributed by atoms with Gasteiger partial charge in [0.05, 0.1) is 7.11 Å². The minimum Gasteiger partial charge on any atom is -0.468 e. The maximum atomic E-state index is 12.4. The molecule has 4 atom stereocenters. The van der Waals surface area contributed by atoms with Crippen molar-refractivity contribution < 1.29 is 14.3 Å². The molecule has 2 aliphatic carbocycles. The van der Waals surface area contributed by atoms with Crippen LogP contribution in [0.25, 0.3) is 0 Å². The van der Waals surface area contributed by atoms with Crippen molar-refractivity contribution in [3.05, 3.63) is 12.3 Å². The molecule has 1 aliphatic heterocycles. The second-order valence-electron chi connectivity index (χ2n) is 6.22. The highest BCUT2D eigenvalue weighted by Gasteiger charge is 2.82. The maximum Gasteiger partial charge on any atom is 0.315 e. The van der Waals surface area contributed by atoms with Gasteiger partial charge in [0, 0.05) is 5.41 Å². The number of carbonyl (C=O) groups excluding carboxylic acids is 2. The number of methoxy groups -OCH3 is 1. The molecule has 1 unspecified atom stereocenters. The quantitative estimate of drug-likeness (QED) is 0.752. The van der Waals surface area contributed by atoms with E-state index in [9.17, 15) is 9.59 Å². The highest BCUT2D eigenvalue weighted by Crippen LogP contribution is 2.82. The summed E-state index contributed by atoms with van der Waals surface area (Å²) in [5.41, 5.74) is -0.709. The summed E-state index contributed by atoms with van der Waals surface area (Å²) in [6, 6.07) is -0.445. The second-order valence-corrected chi connectivity index (χ2v) is 6.22. The van der Waals surface area contributed by atoms with Gasteiger partial charge in [0.25, 0.3) is 0 Å². The van der Waals surface area contributed by atoms with E-state index in [2.05, 4.69) is 18.3 Å². The third-order valence-electron chi connectivity index (χ3n) is 5.57. The van der Waals surface area contributed by atoms with Gasteiger partial charge in [-0.3, -0.25) is 9.59 Å². The first-order valence-corrected chi connectivity index (χ1v) is 6.46. The Labute approximate surface area is 107 Å². The first-order valence-electron chi connectivity index (χ1n) is 6.46. The van der Waals surface area contributed by atoms with Gasteiger partial charge >= 0.3 is 5.97 Å². The summed E-state index contributed by atoms with van der Waals surface area (Å²) in [6.45, 7) is 3.76. The first kappa shape index (κ1) is 11.8. The molecular formula is C14H19NO3. The zero-order valence-corrected chi connectivity index (χ0v) is 11.1. The van der Waals surface area contributed by atoms with E-state index in [4.69, 9.17) is 4.74 Å². The topological polar surface area (TPSA) is 55.4 Å². The fourth-order valence-corrected chi connectivity index (χ4v) is 4.56. The van der Waals surface area contributed by atoms with Gasteiger partial charge in [-0.2, -0.15) is 0 Å². The second kappa shape index (κ2) is 3.16. The lowest BCUT2D eigenvalue weighted by Crippen LogP contribution is -2.58. The van der Waals surface area contributed by atoms with Crippen LogP contribution in [-0.4, -0.2) is 24.9 Å². The van der Waals surface area contributed by atoms with Gasteiger partial charge in [0.15, 0.2) is 5.78 Å². The van der Waals surface area contributed by atoms with Crippen LogP contribution in [0, 0.1) is 16.2 Å². The van der Waals surface area contributed by atoms with Crippen LogP contribution in [0.4, 0.5) is 0 Å². The van der Waals surface area contributed by atoms with E-state index in [0.717, 1.165) is 19.3 Å². The predicted octanol–water partition coefficient (Wildman–Crippen LogP) is 1.41. The molecule has 1 N–H and O–H groups in total. The minimum atomic E-state index is -0.697. The lowest BCUT2D eigenvalue weighted by Gasteiger charge is -2.43. The third kappa shape index (κ3) is 0.990. The molecule has 0 amide bonds. The number of ketones is 1. The van der Waals surface area contributed by atoms with Crippen molar-refractivity contribution >= 4 is 11.8 Å². The fourth-order valence-electron chi connectivity index (χ4n) is 4.56.